The average Bonchev–Trinajstić information content (AvgIpc) is 2.81. The molecule has 0 saturated carbocycles. The van der Waals surface area contributed by atoms with Crippen LogP contribution in [0.3, 0.4) is 0 Å². The Kier molecular flexibility index (Phi) is 4.67. The monoisotopic (exact) mass is 280 g/mol. The van der Waals surface area contributed by atoms with Gasteiger partial charge in [-0.2, -0.15) is 0 Å². The molecule has 2 rings (SSSR count). The Balaban J connectivity index is 2.13. The summed E-state index contributed by atoms with van der Waals surface area (Å²) in [5.41, 5.74) is 1.87. The minimum absolute atomic E-state index is 0.471. The van der Waals surface area contributed by atoms with Gasteiger partial charge in [0.15, 0.2) is 0 Å². The van der Waals surface area contributed by atoms with Crippen LogP contribution in [0.4, 0.5) is 0 Å². The zero-order valence-corrected chi connectivity index (χ0v) is 13.9. The number of hydrogen-bond donors (Lipinski definition) is 1. The van der Waals surface area contributed by atoms with Gasteiger partial charge in [-0.25, -0.2) is 4.98 Å². The van der Waals surface area contributed by atoms with Gasteiger partial charge in [-0.15, -0.1) is 11.3 Å². The minimum Gasteiger partial charge on any atom is -0.319 e. The predicted molar refractivity (Wildman–Crippen MR) is 84.0 cm³/mol. The van der Waals surface area contributed by atoms with Crippen LogP contribution in [0.1, 0.15) is 62.0 Å². The van der Waals surface area contributed by atoms with Crippen molar-refractivity contribution in [1.29, 1.82) is 0 Å². The molecule has 0 bridgehead atoms. The van der Waals surface area contributed by atoms with Crippen LogP contribution in [-0.4, -0.2) is 18.6 Å². The van der Waals surface area contributed by atoms with Gasteiger partial charge in [-0.1, -0.05) is 34.1 Å². The molecule has 1 aliphatic rings. The van der Waals surface area contributed by atoms with E-state index in [0.717, 1.165) is 12.5 Å². The van der Waals surface area contributed by atoms with Crippen LogP contribution in [0.5, 0.6) is 0 Å². The Morgan fingerprint density at radius 2 is 2.21 bits per heavy atom. The van der Waals surface area contributed by atoms with Crippen molar-refractivity contribution in [2.45, 2.75) is 59.3 Å². The predicted octanol–water partition coefficient (Wildman–Crippen LogP) is 4.01. The van der Waals surface area contributed by atoms with Crippen LogP contribution in [0.2, 0.25) is 0 Å². The Labute approximate surface area is 122 Å². The lowest BCUT2D eigenvalue weighted by Gasteiger charge is -2.35. The van der Waals surface area contributed by atoms with E-state index in [1.807, 2.05) is 18.4 Å². The number of aryl methyl sites for hydroxylation is 1. The van der Waals surface area contributed by atoms with E-state index in [1.54, 1.807) is 4.88 Å². The normalized spacial score (nSPS) is 21.2. The molecule has 1 N–H and O–H groups in total. The highest BCUT2D eigenvalue weighted by atomic mass is 32.1. The summed E-state index contributed by atoms with van der Waals surface area (Å²) < 4.78 is 0. The number of thiazole rings is 1. The first-order chi connectivity index (χ1) is 8.97. The van der Waals surface area contributed by atoms with Crippen LogP contribution in [-0.2, 0) is 12.8 Å². The lowest BCUT2D eigenvalue weighted by atomic mass is 9.70. The van der Waals surface area contributed by atoms with E-state index in [0.29, 0.717) is 11.3 Å². The smallest absolute Gasteiger partial charge is 0.0971 e. The highest BCUT2D eigenvalue weighted by Crippen LogP contribution is 2.41. The van der Waals surface area contributed by atoms with Gasteiger partial charge in [0.25, 0.3) is 0 Å². The van der Waals surface area contributed by atoms with Gasteiger partial charge >= 0.3 is 0 Å². The van der Waals surface area contributed by atoms with Gasteiger partial charge in [-0.3, -0.25) is 0 Å². The molecular formula is C16H28N2S. The fraction of sp³-hybridized carbons (Fsp3) is 0.812. The van der Waals surface area contributed by atoms with Crippen molar-refractivity contribution in [3.8, 4) is 0 Å². The summed E-state index contributed by atoms with van der Waals surface area (Å²) >= 11 is 1.96. The quantitative estimate of drug-likeness (QED) is 0.881. The molecule has 1 aromatic rings. The van der Waals surface area contributed by atoms with Crippen molar-refractivity contribution in [2.75, 3.05) is 13.6 Å². The topological polar surface area (TPSA) is 24.9 Å². The Morgan fingerprint density at radius 3 is 2.84 bits per heavy atom. The lowest BCUT2D eigenvalue weighted by Crippen LogP contribution is -2.28. The van der Waals surface area contributed by atoms with E-state index >= 15 is 0 Å². The highest BCUT2D eigenvalue weighted by Gasteiger charge is 2.32. The summed E-state index contributed by atoms with van der Waals surface area (Å²) in [4.78, 5) is 6.46. The van der Waals surface area contributed by atoms with Crippen LogP contribution < -0.4 is 5.32 Å². The van der Waals surface area contributed by atoms with E-state index < -0.39 is 0 Å². The van der Waals surface area contributed by atoms with Crippen LogP contribution in [0.15, 0.2) is 0 Å². The van der Waals surface area contributed by atoms with Crippen LogP contribution in [0, 0.1) is 11.3 Å². The van der Waals surface area contributed by atoms with Crippen molar-refractivity contribution in [3.63, 3.8) is 0 Å². The van der Waals surface area contributed by atoms with E-state index in [2.05, 4.69) is 33.0 Å². The molecule has 2 unspecified atom stereocenters. The van der Waals surface area contributed by atoms with Gasteiger partial charge in [0.1, 0.15) is 0 Å². The largest absolute Gasteiger partial charge is 0.319 e. The molecule has 1 aromatic heterocycles. The van der Waals surface area contributed by atoms with Gasteiger partial charge in [0.05, 0.1) is 10.7 Å². The molecular weight excluding hydrogens is 252 g/mol. The SMILES string of the molecule is CCC(C)(C)C1CCc2nc(C(C)CNC)sc2C1. The zero-order valence-electron chi connectivity index (χ0n) is 13.0. The summed E-state index contributed by atoms with van der Waals surface area (Å²) in [5, 5.41) is 4.58. The first-order valence-electron chi connectivity index (χ1n) is 7.61. The summed E-state index contributed by atoms with van der Waals surface area (Å²) in [5.74, 6) is 1.37. The molecule has 108 valence electrons. The fourth-order valence-corrected chi connectivity index (χ4v) is 4.20. The second-order valence-electron chi connectivity index (χ2n) is 6.66. The number of fused-ring (bicyclic) bond motifs is 1. The van der Waals surface area contributed by atoms with Crippen LogP contribution in [0.25, 0.3) is 0 Å². The first-order valence-corrected chi connectivity index (χ1v) is 8.42. The molecule has 0 radical (unpaired) electrons. The number of aromatic nitrogens is 1. The molecule has 0 saturated heterocycles. The zero-order chi connectivity index (χ0) is 14.0. The number of nitrogens with zero attached hydrogens (tertiary/aromatic N) is 1. The summed E-state index contributed by atoms with van der Waals surface area (Å²) in [7, 11) is 2.02. The molecule has 0 spiro atoms. The maximum Gasteiger partial charge on any atom is 0.0971 e. The first kappa shape index (κ1) is 15.0. The lowest BCUT2D eigenvalue weighted by molar-refractivity contribution is 0.183. The van der Waals surface area contributed by atoms with E-state index in [4.69, 9.17) is 4.98 Å². The fourth-order valence-electron chi connectivity index (χ4n) is 2.95. The van der Waals surface area contributed by atoms with Gasteiger partial charge in [0.2, 0.25) is 0 Å². The number of hydrogen-bond acceptors (Lipinski definition) is 3. The van der Waals surface area contributed by atoms with Crippen molar-refractivity contribution < 1.29 is 0 Å². The molecule has 2 nitrogen and oxygen atoms in total. The molecule has 19 heavy (non-hydrogen) atoms. The standard InChI is InChI=1S/C16H28N2S/c1-6-16(3,4)12-7-8-13-14(9-12)19-15(18-13)11(2)10-17-5/h11-12,17H,6-10H2,1-5H3. The maximum absolute atomic E-state index is 4.89. The van der Waals surface area contributed by atoms with Crippen molar-refractivity contribution >= 4 is 11.3 Å². The Morgan fingerprint density at radius 1 is 1.47 bits per heavy atom. The third kappa shape index (κ3) is 3.19. The van der Waals surface area contributed by atoms with Crippen molar-refractivity contribution in [2.24, 2.45) is 11.3 Å². The molecule has 2 atom stereocenters. The Bertz CT molecular complexity index is 422. The maximum atomic E-state index is 4.89. The molecule has 1 heterocycles. The molecule has 0 aromatic carbocycles. The minimum atomic E-state index is 0.471. The number of rotatable bonds is 5. The second kappa shape index (κ2) is 5.92. The molecule has 0 aliphatic heterocycles. The van der Waals surface area contributed by atoms with Crippen molar-refractivity contribution in [1.82, 2.24) is 10.3 Å². The number of likely N-dealkylation sites (N-methyl/N-ethyl adjacent to an activating group) is 1. The van der Waals surface area contributed by atoms with Crippen LogP contribution >= 0.6 is 11.3 Å². The van der Waals surface area contributed by atoms with Gasteiger partial charge < -0.3 is 5.32 Å². The molecule has 0 fully saturated rings. The summed E-state index contributed by atoms with van der Waals surface area (Å²) in [6.07, 6.45) is 5.03. The Hall–Kier alpha value is -0.410. The summed E-state index contributed by atoms with van der Waals surface area (Å²) in [6.45, 7) is 10.5. The molecule has 3 heteroatoms. The van der Waals surface area contributed by atoms with E-state index in [9.17, 15) is 0 Å². The third-order valence-corrected chi connectivity index (χ3v) is 6.26. The second-order valence-corrected chi connectivity index (χ2v) is 7.78. The van der Waals surface area contributed by atoms with Gasteiger partial charge in [-0.05, 0) is 37.6 Å². The summed E-state index contributed by atoms with van der Waals surface area (Å²) in [6, 6.07) is 0. The van der Waals surface area contributed by atoms with E-state index in [1.165, 1.54) is 36.4 Å². The highest BCUT2D eigenvalue weighted by molar-refractivity contribution is 7.11. The third-order valence-electron chi connectivity index (χ3n) is 4.90. The number of nitrogens with one attached hydrogen (secondary N) is 1. The van der Waals surface area contributed by atoms with Gasteiger partial charge in [0, 0.05) is 17.3 Å². The molecule has 1 aliphatic carbocycles. The van der Waals surface area contributed by atoms with E-state index in [-0.39, 0.29) is 0 Å². The average molecular weight is 280 g/mol. The van der Waals surface area contributed by atoms with Crippen molar-refractivity contribution in [3.05, 3.63) is 15.6 Å². The molecule has 0 amide bonds.